The molecular formula is C24H28Cl2N4O2. The largest absolute Gasteiger partial charge is 0.273 e. The zero-order chi connectivity index (χ0) is 23.0. The van der Waals surface area contributed by atoms with Crippen LogP contribution in [0.5, 0.6) is 0 Å². The second-order valence-corrected chi connectivity index (χ2v) is 8.19. The summed E-state index contributed by atoms with van der Waals surface area (Å²) in [4.78, 5) is 23.6. The summed E-state index contributed by atoms with van der Waals surface area (Å²) >= 11 is 11.8. The highest BCUT2D eigenvalue weighted by molar-refractivity contribution is 6.31. The van der Waals surface area contributed by atoms with E-state index in [4.69, 9.17) is 23.2 Å². The number of amides is 2. The van der Waals surface area contributed by atoms with Gasteiger partial charge in [0.2, 0.25) is 11.8 Å². The van der Waals surface area contributed by atoms with Crippen molar-refractivity contribution in [2.24, 2.45) is 10.2 Å². The number of halogens is 2. The van der Waals surface area contributed by atoms with Crippen LogP contribution < -0.4 is 10.9 Å². The molecule has 2 rings (SSSR count). The molecule has 0 aromatic heterocycles. The molecule has 0 aliphatic carbocycles. The molecule has 0 saturated carbocycles. The maximum Gasteiger partial charge on any atom is 0.240 e. The molecule has 0 unspecified atom stereocenters. The van der Waals surface area contributed by atoms with Crippen LogP contribution in [0.4, 0.5) is 0 Å². The molecule has 0 fully saturated rings. The molecular weight excluding hydrogens is 447 g/mol. The van der Waals surface area contributed by atoms with Crippen LogP contribution in [0.3, 0.4) is 0 Å². The fourth-order valence-electron chi connectivity index (χ4n) is 2.92. The molecule has 32 heavy (non-hydrogen) atoms. The zero-order valence-corrected chi connectivity index (χ0v) is 19.4. The highest BCUT2D eigenvalue weighted by Gasteiger charge is 2.01. The van der Waals surface area contributed by atoms with Crippen molar-refractivity contribution in [3.63, 3.8) is 0 Å². The van der Waals surface area contributed by atoms with Gasteiger partial charge in [0.1, 0.15) is 0 Å². The third-order valence-corrected chi connectivity index (χ3v) is 5.03. The first kappa shape index (κ1) is 25.6. The molecule has 8 heteroatoms. The number of carbonyl (C=O) groups is 2. The van der Waals surface area contributed by atoms with Crippen LogP contribution in [-0.4, -0.2) is 24.2 Å². The Labute approximate surface area is 199 Å². The molecule has 0 spiro atoms. The average Bonchev–Trinajstić information content (AvgIpc) is 2.76. The number of nitrogens with zero attached hydrogens (tertiary/aromatic N) is 2. The minimum absolute atomic E-state index is 0.0988. The maximum atomic E-state index is 11.8. The molecule has 6 nitrogen and oxygen atoms in total. The average molecular weight is 475 g/mol. The summed E-state index contributed by atoms with van der Waals surface area (Å²) in [6, 6.07) is 14.5. The Hall–Kier alpha value is -2.70. The van der Waals surface area contributed by atoms with E-state index in [1.807, 2.05) is 24.3 Å². The summed E-state index contributed by atoms with van der Waals surface area (Å²) in [5, 5.41) is 9.14. The predicted molar refractivity (Wildman–Crippen MR) is 131 cm³/mol. The van der Waals surface area contributed by atoms with E-state index >= 15 is 0 Å². The van der Waals surface area contributed by atoms with E-state index in [0.29, 0.717) is 22.9 Å². The van der Waals surface area contributed by atoms with Gasteiger partial charge in [0.15, 0.2) is 0 Å². The predicted octanol–water partition coefficient (Wildman–Crippen LogP) is 5.71. The second kappa shape index (κ2) is 15.2. The lowest BCUT2D eigenvalue weighted by Gasteiger charge is -2.02. The van der Waals surface area contributed by atoms with E-state index in [-0.39, 0.29) is 11.8 Å². The Morgan fingerprint density at radius 3 is 1.50 bits per heavy atom. The quantitative estimate of drug-likeness (QED) is 0.221. The van der Waals surface area contributed by atoms with Gasteiger partial charge in [-0.05, 0) is 48.2 Å². The Balaban J connectivity index is 1.44. The molecule has 0 aliphatic heterocycles. The molecule has 0 bridgehead atoms. The molecule has 2 amide bonds. The van der Waals surface area contributed by atoms with Gasteiger partial charge in [-0.3, -0.25) is 9.59 Å². The second-order valence-electron chi connectivity index (χ2n) is 7.32. The topological polar surface area (TPSA) is 82.9 Å². The van der Waals surface area contributed by atoms with Crippen molar-refractivity contribution < 1.29 is 9.59 Å². The lowest BCUT2D eigenvalue weighted by atomic mass is 10.1. The van der Waals surface area contributed by atoms with Crippen molar-refractivity contribution >= 4 is 47.4 Å². The Kier molecular flexibility index (Phi) is 12.1. The molecule has 2 aromatic rings. The number of benzene rings is 2. The number of rotatable bonds is 13. The molecule has 0 heterocycles. The summed E-state index contributed by atoms with van der Waals surface area (Å²) < 4.78 is 0. The highest BCUT2D eigenvalue weighted by atomic mass is 35.5. The standard InChI is InChI=1S/C24H28Cl2N4O2/c25-21-11-7-9-19(15-21)17-27-29-23(31)13-5-3-1-2-4-6-14-24(32)30-28-18-20-10-8-12-22(26)16-20/h7-12,15-18H,1-6,13-14H2,(H,29,31)(H,30,32). The lowest BCUT2D eigenvalue weighted by Crippen LogP contribution is -2.17. The smallest absolute Gasteiger partial charge is 0.240 e. The Bertz CT molecular complexity index is 856. The van der Waals surface area contributed by atoms with E-state index in [1.165, 1.54) is 0 Å². The van der Waals surface area contributed by atoms with Crippen LogP contribution in [0.15, 0.2) is 58.7 Å². The van der Waals surface area contributed by atoms with E-state index < -0.39 is 0 Å². The SMILES string of the molecule is O=C(CCCCCCCCC(=O)NN=Cc1cccc(Cl)c1)NN=Cc1cccc(Cl)c1. The van der Waals surface area contributed by atoms with Gasteiger partial charge in [-0.2, -0.15) is 10.2 Å². The van der Waals surface area contributed by atoms with Crippen molar-refractivity contribution in [2.45, 2.75) is 51.4 Å². The van der Waals surface area contributed by atoms with Crippen LogP contribution in [-0.2, 0) is 9.59 Å². The normalized spacial score (nSPS) is 11.2. The van der Waals surface area contributed by atoms with E-state index in [1.54, 1.807) is 36.7 Å². The number of hydrogen-bond donors (Lipinski definition) is 2. The molecule has 2 aromatic carbocycles. The van der Waals surface area contributed by atoms with Crippen LogP contribution in [0, 0.1) is 0 Å². The van der Waals surface area contributed by atoms with Crippen molar-refractivity contribution in [3.05, 3.63) is 69.7 Å². The lowest BCUT2D eigenvalue weighted by molar-refractivity contribution is -0.122. The summed E-state index contributed by atoms with van der Waals surface area (Å²) in [6.45, 7) is 0. The van der Waals surface area contributed by atoms with Crippen LogP contribution in [0.2, 0.25) is 10.0 Å². The Morgan fingerprint density at radius 2 is 1.09 bits per heavy atom. The maximum absolute atomic E-state index is 11.8. The van der Waals surface area contributed by atoms with Crippen molar-refractivity contribution in [2.75, 3.05) is 0 Å². The van der Waals surface area contributed by atoms with E-state index in [9.17, 15) is 9.59 Å². The Morgan fingerprint density at radius 1 is 0.688 bits per heavy atom. The number of unbranched alkanes of at least 4 members (excludes halogenated alkanes) is 5. The first-order valence-corrected chi connectivity index (χ1v) is 11.4. The van der Waals surface area contributed by atoms with Crippen LogP contribution in [0.1, 0.15) is 62.5 Å². The highest BCUT2D eigenvalue weighted by Crippen LogP contribution is 2.10. The first-order chi connectivity index (χ1) is 15.5. The summed E-state index contributed by atoms with van der Waals surface area (Å²) in [5.41, 5.74) is 6.72. The monoisotopic (exact) mass is 474 g/mol. The number of hydrazone groups is 2. The van der Waals surface area contributed by atoms with Crippen molar-refractivity contribution in [1.82, 2.24) is 10.9 Å². The minimum atomic E-state index is -0.0988. The third-order valence-electron chi connectivity index (χ3n) is 4.56. The number of hydrogen-bond acceptors (Lipinski definition) is 4. The van der Waals surface area contributed by atoms with Gasteiger partial charge in [0, 0.05) is 22.9 Å². The van der Waals surface area contributed by atoms with Crippen LogP contribution >= 0.6 is 23.2 Å². The molecule has 170 valence electrons. The zero-order valence-electron chi connectivity index (χ0n) is 17.9. The van der Waals surface area contributed by atoms with Gasteiger partial charge in [-0.15, -0.1) is 0 Å². The fourth-order valence-corrected chi connectivity index (χ4v) is 3.32. The van der Waals surface area contributed by atoms with E-state index in [0.717, 1.165) is 49.7 Å². The van der Waals surface area contributed by atoms with Gasteiger partial charge in [-0.1, -0.05) is 73.2 Å². The third kappa shape index (κ3) is 11.6. The van der Waals surface area contributed by atoms with Crippen molar-refractivity contribution in [1.29, 1.82) is 0 Å². The van der Waals surface area contributed by atoms with Gasteiger partial charge in [0.05, 0.1) is 12.4 Å². The van der Waals surface area contributed by atoms with E-state index in [2.05, 4.69) is 21.1 Å². The number of carbonyl (C=O) groups excluding carboxylic acids is 2. The summed E-state index contributed by atoms with van der Waals surface area (Å²) in [5.74, 6) is -0.198. The van der Waals surface area contributed by atoms with Gasteiger partial charge >= 0.3 is 0 Å². The first-order valence-electron chi connectivity index (χ1n) is 10.7. The summed E-state index contributed by atoms with van der Waals surface area (Å²) in [6.07, 6.45) is 9.68. The van der Waals surface area contributed by atoms with Crippen molar-refractivity contribution in [3.8, 4) is 0 Å². The molecule has 0 radical (unpaired) electrons. The molecule has 2 N–H and O–H groups in total. The molecule has 0 saturated heterocycles. The van der Waals surface area contributed by atoms with Gasteiger partial charge in [0.25, 0.3) is 0 Å². The molecule has 0 aliphatic rings. The number of nitrogens with one attached hydrogen (secondary N) is 2. The van der Waals surface area contributed by atoms with Gasteiger partial charge < -0.3 is 0 Å². The minimum Gasteiger partial charge on any atom is -0.273 e. The summed E-state index contributed by atoms with van der Waals surface area (Å²) in [7, 11) is 0. The molecule has 0 atom stereocenters. The van der Waals surface area contributed by atoms with Gasteiger partial charge in [-0.25, -0.2) is 10.9 Å². The van der Waals surface area contributed by atoms with Crippen LogP contribution in [0.25, 0.3) is 0 Å². The fraction of sp³-hybridized carbons (Fsp3) is 0.333.